The molecule has 0 bridgehead atoms. The Bertz CT molecular complexity index is 1310. The summed E-state index contributed by atoms with van der Waals surface area (Å²) in [5.41, 5.74) is 2.95. The maximum absolute atomic E-state index is 13.5. The highest BCUT2D eigenvalue weighted by atomic mass is 35.5. The van der Waals surface area contributed by atoms with Gasteiger partial charge >= 0.3 is 6.18 Å². The molecule has 1 aliphatic heterocycles. The van der Waals surface area contributed by atoms with Gasteiger partial charge in [-0.15, -0.1) is 0 Å². The highest BCUT2D eigenvalue weighted by Gasteiger charge is 2.50. The molecule has 3 N–H and O–H groups in total. The van der Waals surface area contributed by atoms with E-state index in [4.69, 9.17) is 40.1 Å². The van der Waals surface area contributed by atoms with Gasteiger partial charge in [0.1, 0.15) is 5.54 Å². The van der Waals surface area contributed by atoms with Crippen molar-refractivity contribution in [3.8, 4) is 12.3 Å². The Morgan fingerprint density at radius 1 is 1.21 bits per heavy atom. The van der Waals surface area contributed by atoms with Gasteiger partial charge in [-0.25, -0.2) is 4.99 Å². The van der Waals surface area contributed by atoms with E-state index in [1.54, 1.807) is 26.1 Å². The third kappa shape index (κ3) is 4.33. The second-order valence-electron chi connectivity index (χ2n) is 7.53. The Morgan fingerprint density at radius 2 is 1.85 bits per heavy atom. The van der Waals surface area contributed by atoms with Crippen LogP contribution in [0.15, 0.2) is 41.4 Å². The molecule has 13 heteroatoms. The van der Waals surface area contributed by atoms with Crippen molar-refractivity contribution in [1.29, 1.82) is 10.5 Å². The molecule has 2 aromatic carbocycles. The molecule has 3 rings (SSSR count). The lowest BCUT2D eigenvalue weighted by Gasteiger charge is -2.29. The number of anilines is 2. The predicted molar refractivity (Wildman–Crippen MR) is 124 cm³/mol. The number of hydrogen-bond acceptors (Lipinski definition) is 5. The van der Waals surface area contributed by atoms with Crippen LogP contribution < -0.4 is 20.9 Å². The van der Waals surface area contributed by atoms with Crippen molar-refractivity contribution in [1.82, 2.24) is 5.32 Å². The number of nitrogens with two attached hydrogens (primary N) is 1. The quantitative estimate of drug-likeness (QED) is 0.211. The van der Waals surface area contributed by atoms with Gasteiger partial charge in [0.05, 0.1) is 33.6 Å². The van der Waals surface area contributed by atoms with E-state index in [1.807, 2.05) is 0 Å². The molecule has 0 aromatic heterocycles. The smallest absolute Gasteiger partial charge is 0.369 e. The Kier molecular flexibility index (Phi) is 6.42. The first-order valence-corrected chi connectivity index (χ1v) is 10.2. The summed E-state index contributed by atoms with van der Waals surface area (Å²) < 4.78 is 40.4. The van der Waals surface area contributed by atoms with Gasteiger partial charge in [-0.1, -0.05) is 11.6 Å². The molecule has 174 valence electrons. The zero-order chi connectivity index (χ0) is 25.4. The summed E-state index contributed by atoms with van der Waals surface area (Å²) in [7, 11) is 0. The van der Waals surface area contributed by atoms with E-state index in [0.29, 0.717) is 11.8 Å². The summed E-state index contributed by atoms with van der Waals surface area (Å²) in [4.78, 5) is 19.7. The third-order valence-electron chi connectivity index (χ3n) is 4.97. The summed E-state index contributed by atoms with van der Waals surface area (Å²) in [6, 6.07) is 8.94. The monoisotopic (exact) mass is 505 g/mol. The fourth-order valence-corrected chi connectivity index (χ4v) is 4.08. The Morgan fingerprint density at radius 3 is 2.44 bits per heavy atom. The van der Waals surface area contributed by atoms with E-state index < -0.39 is 28.7 Å². The SMILES string of the molecule is CC1(C)C(=O)N(c2ccc(C#N)c(C(F)(F)F)c2)C(=S)N1c1ccc(Cl)c(N=C(N)NC#N)c1. The van der Waals surface area contributed by atoms with Crippen LogP contribution in [-0.2, 0) is 11.0 Å². The predicted octanol–water partition coefficient (Wildman–Crippen LogP) is 4.16. The number of carbonyl (C=O) groups excluding carboxylic acids is 1. The summed E-state index contributed by atoms with van der Waals surface area (Å²) in [5.74, 6) is -0.805. The number of nitriles is 2. The van der Waals surface area contributed by atoms with Crippen LogP contribution >= 0.6 is 23.8 Å². The van der Waals surface area contributed by atoms with Crippen molar-refractivity contribution in [3.05, 3.63) is 52.5 Å². The first kappa shape index (κ1) is 24.8. The summed E-state index contributed by atoms with van der Waals surface area (Å²) >= 11 is 11.7. The zero-order valence-corrected chi connectivity index (χ0v) is 19.2. The van der Waals surface area contributed by atoms with Crippen molar-refractivity contribution >= 4 is 57.9 Å². The number of halogens is 4. The largest absolute Gasteiger partial charge is 0.417 e. The minimum atomic E-state index is -4.80. The van der Waals surface area contributed by atoms with E-state index in [0.717, 1.165) is 11.0 Å². The zero-order valence-electron chi connectivity index (χ0n) is 17.6. The van der Waals surface area contributed by atoms with Crippen LogP contribution in [0.4, 0.5) is 30.2 Å². The molecule has 1 amide bonds. The number of amides is 1. The van der Waals surface area contributed by atoms with Crippen LogP contribution in [0.5, 0.6) is 0 Å². The third-order valence-corrected chi connectivity index (χ3v) is 5.65. The van der Waals surface area contributed by atoms with Crippen molar-refractivity contribution in [2.24, 2.45) is 10.7 Å². The average molecular weight is 506 g/mol. The van der Waals surface area contributed by atoms with Crippen LogP contribution in [0.2, 0.25) is 5.02 Å². The van der Waals surface area contributed by atoms with E-state index in [9.17, 15) is 18.0 Å². The molecule has 1 aliphatic rings. The van der Waals surface area contributed by atoms with E-state index in [-0.39, 0.29) is 27.5 Å². The molecule has 0 saturated carbocycles. The molecular weight excluding hydrogens is 491 g/mol. The highest BCUT2D eigenvalue weighted by molar-refractivity contribution is 7.81. The normalized spacial score (nSPS) is 15.8. The number of nitrogens with one attached hydrogen (secondary N) is 1. The molecule has 0 atom stereocenters. The number of hydrogen-bond donors (Lipinski definition) is 2. The number of nitrogens with zero attached hydrogens (tertiary/aromatic N) is 5. The van der Waals surface area contributed by atoms with Gasteiger partial charge in [0.15, 0.2) is 11.3 Å². The van der Waals surface area contributed by atoms with Gasteiger partial charge in [-0.05, 0) is 62.5 Å². The van der Waals surface area contributed by atoms with Crippen molar-refractivity contribution in [2.45, 2.75) is 25.6 Å². The maximum Gasteiger partial charge on any atom is 0.417 e. The first-order chi connectivity index (χ1) is 15.8. The lowest BCUT2D eigenvalue weighted by molar-refractivity contribution is -0.137. The van der Waals surface area contributed by atoms with Gasteiger partial charge in [-0.3, -0.25) is 15.0 Å². The first-order valence-electron chi connectivity index (χ1n) is 9.41. The van der Waals surface area contributed by atoms with Gasteiger partial charge in [0.2, 0.25) is 5.96 Å². The number of aliphatic imine (C=N–C) groups is 1. The minimum Gasteiger partial charge on any atom is -0.369 e. The van der Waals surface area contributed by atoms with Gasteiger partial charge in [0, 0.05) is 5.69 Å². The molecule has 0 aliphatic carbocycles. The Hall–Kier alpha value is -3.87. The number of alkyl halides is 3. The molecule has 34 heavy (non-hydrogen) atoms. The van der Waals surface area contributed by atoms with Crippen LogP contribution in [0.25, 0.3) is 0 Å². The van der Waals surface area contributed by atoms with Crippen molar-refractivity contribution in [2.75, 3.05) is 9.80 Å². The van der Waals surface area contributed by atoms with Crippen LogP contribution in [0.1, 0.15) is 25.0 Å². The molecule has 1 fully saturated rings. The number of benzene rings is 2. The molecule has 0 unspecified atom stereocenters. The Balaban J connectivity index is 2.11. The minimum absolute atomic E-state index is 0.0896. The van der Waals surface area contributed by atoms with Crippen LogP contribution in [0, 0.1) is 22.8 Å². The van der Waals surface area contributed by atoms with Crippen LogP contribution in [-0.4, -0.2) is 22.5 Å². The summed E-state index contributed by atoms with van der Waals surface area (Å²) in [5, 5.41) is 20.0. The fraction of sp³-hybridized carbons (Fsp3) is 0.190. The number of thiocarbonyl (C=S) groups is 1. The van der Waals surface area contributed by atoms with Crippen LogP contribution in [0.3, 0.4) is 0 Å². The molecule has 8 nitrogen and oxygen atoms in total. The molecule has 1 saturated heterocycles. The highest BCUT2D eigenvalue weighted by Crippen LogP contribution is 2.41. The van der Waals surface area contributed by atoms with E-state index >= 15 is 0 Å². The molecule has 0 radical (unpaired) electrons. The number of guanidine groups is 1. The summed E-state index contributed by atoms with van der Waals surface area (Å²) in [6.45, 7) is 3.11. The average Bonchev–Trinajstić information content (AvgIpc) is 2.93. The second kappa shape index (κ2) is 8.82. The van der Waals surface area contributed by atoms with Gasteiger partial charge in [-0.2, -0.15) is 23.7 Å². The van der Waals surface area contributed by atoms with Gasteiger partial charge < -0.3 is 10.6 Å². The van der Waals surface area contributed by atoms with Gasteiger partial charge in [0.25, 0.3) is 5.91 Å². The Labute approximate surface area is 202 Å². The van der Waals surface area contributed by atoms with Crippen molar-refractivity contribution in [3.63, 3.8) is 0 Å². The lowest BCUT2D eigenvalue weighted by atomic mass is 10.0. The fourth-order valence-electron chi connectivity index (χ4n) is 3.40. The van der Waals surface area contributed by atoms with E-state index in [1.165, 1.54) is 29.2 Å². The summed E-state index contributed by atoms with van der Waals surface area (Å²) in [6.07, 6.45) is -3.19. The molecule has 2 aromatic rings. The molecule has 1 heterocycles. The molecular formula is C21H15ClF3N7OS. The lowest BCUT2D eigenvalue weighted by Crippen LogP contribution is -2.44. The van der Waals surface area contributed by atoms with Crippen molar-refractivity contribution < 1.29 is 18.0 Å². The standard InChI is InChI=1S/C21H15ClF3N7OS/c1-20(2)17(33)31(12-4-3-11(9-26)14(7-12)21(23,24)25)19(34)32(20)13-5-6-15(22)16(8-13)30-18(28)29-10-27/h3-8H,1-2H3,(H3,28,29,30). The van der Waals surface area contributed by atoms with E-state index in [2.05, 4.69) is 10.3 Å². The maximum atomic E-state index is 13.5. The topological polar surface area (TPSA) is 122 Å². The number of carbonyl (C=O) groups is 1. The second-order valence-corrected chi connectivity index (χ2v) is 8.30. The number of rotatable bonds is 3. The molecule has 0 spiro atoms.